The Labute approximate surface area is 96.2 Å². The molecule has 3 heteroatoms. The number of hydrogen-bond acceptors (Lipinski definition) is 3. The normalized spacial score (nSPS) is 17.7. The first-order valence-electron chi connectivity index (χ1n) is 5.67. The number of ether oxygens (including phenoxy) is 1. The quantitative estimate of drug-likeness (QED) is 0.756. The average molecular weight is 216 g/mol. The highest BCUT2D eigenvalue weighted by Crippen LogP contribution is 2.09. The summed E-state index contributed by atoms with van der Waals surface area (Å²) in [6.07, 6.45) is 1.10. The number of nitrogens with zero attached hydrogens (tertiary/aromatic N) is 2. The third-order valence-electron chi connectivity index (χ3n) is 2.78. The molecule has 0 spiro atoms. The van der Waals surface area contributed by atoms with Crippen LogP contribution in [-0.2, 0) is 11.3 Å². The van der Waals surface area contributed by atoms with Crippen molar-refractivity contribution in [2.24, 2.45) is 0 Å². The van der Waals surface area contributed by atoms with Crippen LogP contribution in [0.5, 0.6) is 0 Å². The standard InChI is InChI=1S/C13H16N2O/c14-10-12-3-1-4-13(9-12)11-15-5-2-7-16-8-6-15/h1,3-4,9H,2,5-8,11H2. The van der Waals surface area contributed by atoms with Gasteiger partial charge < -0.3 is 4.74 Å². The van der Waals surface area contributed by atoms with E-state index in [1.54, 1.807) is 0 Å². The summed E-state index contributed by atoms with van der Waals surface area (Å²) in [6, 6.07) is 10.0. The van der Waals surface area contributed by atoms with Crippen LogP contribution in [0.25, 0.3) is 0 Å². The maximum atomic E-state index is 8.83. The van der Waals surface area contributed by atoms with Crippen molar-refractivity contribution in [3.05, 3.63) is 35.4 Å². The number of rotatable bonds is 2. The molecule has 1 aliphatic rings. The van der Waals surface area contributed by atoms with Gasteiger partial charge in [0.05, 0.1) is 18.2 Å². The molecule has 0 amide bonds. The van der Waals surface area contributed by atoms with Crippen molar-refractivity contribution < 1.29 is 4.74 Å². The Balaban J connectivity index is 1.99. The molecule has 0 aromatic heterocycles. The Bertz CT molecular complexity index is 376. The van der Waals surface area contributed by atoms with E-state index in [4.69, 9.17) is 10.00 Å². The molecule has 0 atom stereocenters. The molecule has 0 bridgehead atoms. The molecule has 3 nitrogen and oxygen atoms in total. The zero-order chi connectivity index (χ0) is 11.2. The van der Waals surface area contributed by atoms with Crippen LogP contribution in [0.1, 0.15) is 17.5 Å². The van der Waals surface area contributed by atoms with Crippen molar-refractivity contribution in [2.75, 3.05) is 26.3 Å². The lowest BCUT2D eigenvalue weighted by molar-refractivity contribution is 0.140. The van der Waals surface area contributed by atoms with Gasteiger partial charge in [0.15, 0.2) is 0 Å². The van der Waals surface area contributed by atoms with Crippen molar-refractivity contribution in [3.8, 4) is 6.07 Å². The smallest absolute Gasteiger partial charge is 0.0991 e. The van der Waals surface area contributed by atoms with Gasteiger partial charge in [0.1, 0.15) is 0 Å². The summed E-state index contributed by atoms with van der Waals surface area (Å²) >= 11 is 0. The zero-order valence-corrected chi connectivity index (χ0v) is 9.35. The van der Waals surface area contributed by atoms with Crippen LogP contribution in [0.4, 0.5) is 0 Å². The lowest BCUT2D eigenvalue weighted by Gasteiger charge is -2.18. The van der Waals surface area contributed by atoms with Gasteiger partial charge in [0.25, 0.3) is 0 Å². The van der Waals surface area contributed by atoms with E-state index in [2.05, 4.69) is 17.0 Å². The lowest BCUT2D eigenvalue weighted by atomic mass is 10.1. The highest BCUT2D eigenvalue weighted by atomic mass is 16.5. The fraction of sp³-hybridized carbons (Fsp3) is 0.462. The highest BCUT2D eigenvalue weighted by molar-refractivity contribution is 5.32. The largest absolute Gasteiger partial charge is 0.380 e. The Morgan fingerprint density at radius 1 is 1.31 bits per heavy atom. The highest BCUT2D eigenvalue weighted by Gasteiger charge is 2.09. The molecule has 1 fully saturated rings. The molecule has 1 aromatic rings. The predicted octanol–water partition coefficient (Wildman–Crippen LogP) is 1.78. The molecule has 16 heavy (non-hydrogen) atoms. The molecule has 1 heterocycles. The van der Waals surface area contributed by atoms with Crippen molar-refractivity contribution in [2.45, 2.75) is 13.0 Å². The van der Waals surface area contributed by atoms with Gasteiger partial charge in [-0.2, -0.15) is 5.26 Å². The van der Waals surface area contributed by atoms with Crippen LogP contribution >= 0.6 is 0 Å². The van der Waals surface area contributed by atoms with Crippen LogP contribution in [0.3, 0.4) is 0 Å². The average Bonchev–Trinajstić information content (AvgIpc) is 2.58. The maximum absolute atomic E-state index is 8.83. The van der Waals surface area contributed by atoms with Crippen molar-refractivity contribution >= 4 is 0 Å². The van der Waals surface area contributed by atoms with Crippen LogP contribution < -0.4 is 0 Å². The number of nitriles is 1. The molecule has 84 valence electrons. The van der Waals surface area contributed by atoms with Gasteiger partial charge in [0, 0.05) is 26.2 Å². The second-order valence-electron chi connectivity index (χ2n) is 4.05. The summed E-state index contributed by atoms with van der Waals surface area (Å²) in [5.41, 5.74) is 1.95. The summed E-state index contributed by atoms with van der Waals surface area (Å²) in [5, 5.41) is 8.83. The summed E-state index contributed by atoms with van der Waals surface area (Å²) < 4.78 is 5.41. The minimum atomic E-state index is 0.739. The van der Waals surface area contributed by atoms with Gasteiger partial charge >= 0.3 is 0 Å². The van der Waals surface area contributed by atoms with Gasteiger partial charge in [-0.15, -0.1) is 0 Å². The van der Waals surface area contributed by atoms with Crippen LogP contribution in [0.2, 0.25) is 0 Å². The van der Waals surface area contributed by atoms with Gasteiger partial charge in [-0.1, -0.05) is 12.1 Å². The van der Waals surface area contributed by atoms with Gasteiger partial charge in [-0.3, -0.25) is 4.90 Å². The number of hydrogen-bond donors (Lipinski definition) is 0. The van der Waals surface area contributed by atoms with E-state index in [9.17, 15) is 0 Å². The molecule has 0 unspecified atom stereocenters. The minimum Gasteiger partial charge on any atom is -0.380 e. The fourth-order valence-corrected chi connectivity index (χ4v) is 1.95. The van der Waals surface area contributed by atoms with Crippen molar-refractivity contribution in [1.29, 1.82) is 5.26 Å². The first-order chi connectivity index (χ1) is 7.88. The number of benzene rings is 1. The summed E-state index contributed by atoms with van der Waals surface area (Å²) in [5.74, 6) is 0. The van der Waals surface area contributed by atoms with Crippen molar-refractivity contribution in [1.82, 2.24) is 4.90 Å². The van der Waals surface area contributed by atoms with Crippen LogP contribution in [0, 0.1) is 11.3 Å². The third-order valence-corrected chi connectivity index (χ3v) is 2.78. The summed E-state index contributed by atoms with van der Waals surface area (Å²) in [6.45, 7) is 4.67. The summed E-state index contributed by atoms with van der Waals surface area (Å²) in [4.78, 5) is 2.38. The monoisotopic (exact) mass is 216 g/mol. The van der Waals surface area contributed by atoms with Crippen LogP contribution in [0.15, 0.2) is 24.3 Å². The van der Waals surface area contributed by atoms with Gasteiger partial charge in [0.2, 0.25) is 0 Å². The molecule has 0 N–H and O–H groups in total. The SMILES string of the molecule is N#Cc1cccc(CN2CCCOCC2)c1. The topological polar surface area (TPSA) is 36.3 Å². The Morgan fingerprint density at radius 3 is 3.12 bits per heavy atom. The molecule has 0 aliphatic carbocycles. The first kappa shape index (κ1) is 11.1. The van der Waals surface area contributed by atoms with E-state index < -0.39 is 0 Å². The zero-order valence-electron chi connectivity index (χ0n) is 9.35. The lowest BCUT2D eigenvalue weighted by Crippen LogP contribution is -2.25. The molecule has 0 radical (unpaired) electrons. The Hall–Kier alpha value is -1.37. The maximum Gasteiger partial charge on any atom is 0.0991 e. The van der Waals surface area contributed by atoms with E-state index in [1.165, 1.54) is 5.56 Å². The molecular formula is C13H16N2O. The first-order valence-corrected chi connectivity index (χ1v) is 5.67. The molecule has 1 saturated heterocycles. The van der Waals surface area contributed by atoms with Gasteiger partial charge in [-0.05, 0) is 24.1 Å². The molecule has 0 saturated carbocycles. The van der Waals surface area contributed by atoms with E-state index in [-0.39, 0.29) is 0 Å². The Kier molecular flexibility index (Phi) is 3.92. The summed E-state index contributed by atoms with van der Waals surface area (Å²) in [7, 11) is 0. The van der Waals surface area contributed by atoms with E-state index in [1.807, 2.05) is 18.2 Å². The Morgan fingerprint density at radius 2 is 2.25 bits per heavy atom. The molecule has 2 rings (SSSR count). The van der Waals surface area contributed by atoms with E-state index in [0.717, 1.165) is 44.8 Å². The van der Waals surface area contributed by atoms with Crippen LogP contribution in [-0.4, -0.2) is 31.2 Å². The van der Waals surface area contributed by atoms with Gasteiger partial charge in [-0.25, -0.2) is 0 Å². The predicted molar refractivity (Wildman–Crippen MR) is 61.9 cm³/mol. The van der Waals surface area contributed by atoms with Crippen molar-refractivity contribution in [3.63, 3.8) is 0 Å². The minimum absolute atomic E-state index is 0.739. The molecule has 1 aliphatic heterocycles. The van der Waals surface area contributed by atoms with E-state index >= 15 is 0 Å². The second kappa shape index (κ2) is 5.64. The second-order valence-corrected chi connectivity index (χ2v) is 4.05. The fourth-order valence-electron chi connectivity index (χ4n) is 1.95. The molecular weight excluding hydrogens is 200 g/mol. The molecule has 1 aromatic carbocycles. The third kappa shape index (κ3) is 3.06. The van der Waals surface area contributed by atoms with E-state index in [0.29, 0.717) is 0 Å².